The summed E-state index contributed by atoms with van der Waals surface area (Å²) in [6, 6.07) is 1.20. The molecule has 3 N–H and O–H groups in total. The second-order valence-electron chi connectivity index (χ2n) is 4.18. The number of carbonyl (C=O) groups excluding carboxylic acids is 1. The monoisotopic (exact) mass is 199 g/mol. The van der Waals surface area contributed by atoms with E-state index in [0.717, 1.165) is 6.54 Å². The van der Waals surface area contributed by atoms with Crippen LogP contribution in [0.4, 0.5) is 0 Å². The van der Waals surface area contributed by atoms with Gasteiger partial charge in [0.1, 0.15) is 0 Å². The van der Waals surface area contributed by atoms with Crippen molar-refractivity contribution in [2.24, 2.45) is 5.84 Å². The Morgan fingerprint density at radius 1 is 1.43 bits per heavy atom. The van der Waals surface area contributed by atoms with Gasteiger partial charge in [-0.05, 0) is 26.7 Å². The predicted molar refractivity (Wildman–Crippen MR) is 56.4 cm³/mol. The van der Waals surface area contributed by atoms with Gasteiger partial charge in [-0.25, -0.2) is 5.84 Å². The van der Waals surface area contributed by atoms with E-state index < -0.39 is 0 Å². The zero-order valence-corrected chi connectivity index (χ0v) is 9.12. The molecule has 1 amide bonds. The molecule has 0 radical (unpaired) electrons. The molecule has 1 saturated heterocycles. The van der Waals surface area contributed by atoms with Crippen LogP contribution in [0.2, 0.25) is 0 Å². The van der Waals surface area contributed by atoms with E-state index in [4.69, 9.17) is 5.84 Å². The highest BCUT2D eigenvalue weighted by Gasteiger charge is 2.24. The van der Waals surface area contributed by atoms with E-state index in [2.05, 4.69) is 24.2 Å². The SMILES string of the molecule is C[C@@H]1CCC[C@@H](C)N1CCC(=O)NN. The first-order valence-electron chi connectivity index (χ1n) is 5.40. The van der Waals surface area contributed by atoms with Gasteiger partial charge >= 0.3 is 0 Å². The number of nitrogens with two attached hydrogens (primary N) is 1. The minimum absolute atomic E-state index is 0.0741. The lowest BCUT2D eigenvalue weighted by Gasteiger charge is -2.38. The van der Waals surface area contributed by atoms with Crippen molar-refractivity contribution in [1.82, 2.24) is 10.3 Å². The van der Waals surface area contributed by atoms with Crippen LogP contribution < -0.4 is 11.3 Å². The number of likely N-dealkylation sites (tertiary alicyclic amines) is 1. The van der Waals surface area contributed by atoms with Crippen molar-refractivity contribution >= 4 is 5.91 Å². The van der Waals surface area contributed by atoms with E-state index in [1.54, 1.807) is 0 Å². The lowest BCUT2D eigenvalue weighted by atomic mass is 9.97. The highest BCUT2D eigenvalue weighted by Crippen LogP contribution is 2.22. The third-order valence-corrected chi connectivity index (χ3v) is 3.13. The summed E-state index contributed by atoms with van der Waals surface area (Å²) in [5.41, 5.74) is 2.17. The molecule has 1 aliphatic heterocycles. The maximum absolute atomic E-state index is 11.0. The number of hydrogen-bond acceptors (Lipinski definition) is 3. The summed E-state index contributed by atoms with van der Waals surface area (Å²) in [7, 11) is 0. The number of nitrogens with zero attached hydrogens (tertiary/aromatic N) is 1. The Balaban J connectivity index is 2.36. The van der Waals surface area contributed by atoms with Gasteiger partial charge in [0.15, 0.2) is 0 Å². The van der Waals surface area contributed by atoms with Gasteiger partial charge < -0.3 is 0 Å². The molecule has 0 spiro atoms. The van der Waals surface area contributed by atoms with Crippen LogP contribution in [0.25, 0.3) is 0 Å². The Morgan fingerprint density at radius 2 is 2.00 bits per heavy atom. The highest BCUT2D eigenvalue weighted by atomic mass is 16.2. The summed E-state index contributed by atoms with van der Waals surface area (Å²) in [6.45, 7) is 5.29. The van der Waals surface area contributed by atoms with E-state index in [1.165, 1.54) is 19.3 Å². The molecule has 4 heteroatoms. The molecular weight excluding hydrogens is 178 g/mol. The van der Waals surface area contributed by atoms with E-state index >= 15 is 0 Å². The summed E-state index contributed by atoms with van der Waals surface area (Å²) in [5.74, 6) is 4.96. The van der Waals surface area contributed by atoms with Gasteiger partial charge in [0.25, 0.3) is 0 Å². The second-order valence-corrected chi connectivity index (χ2v) is 4.18. The molecular formula is C10H21N3O. The van der Waals surface area contributed by atoms with Crippen molar-refractivity contribution in [3.05, 3.63) is 0 Å². The van der Waals surface area contributed by atoms with Gasteiger partial charge in [-0.3, -0.25) is 15.1 Å². The normalized spacial score (nSPS) is 28.8. The molecule has 1 heterocycles. The first-order chi connectivity index (χ1) is 6.65. The summed E-state index contributed by atoms with van der Waals surface area (Å²) < 4.78 is 0. The van der Waals surface area contributed by atoms with Gasteiger partial charge in [0.05, 0.1) is 0 Å². The van der Waals surface area contributed by atoms with Gasteiger partial charge in [0.2, 0.25) is 5.91 Å². The number of nitrogens with one attached hydrogen (secondary N) is 1. The Morgan fingerprint density at radius 3 is 2.50 bits per heavy atom. The lowest BCUT2D eigenvalue weighted by Crippen LogP contribution is -2.45. The standard InChI is InChI=1S/C10H21N3O/c1-8-4-3-5-9(2)13(8)7-6-10(14)12-11/h8-9H,3-7,11H2,1-2H3,(H,12,14)/t8-,9-/m1/s1. The van der Waals surface area contributed by atoms with E-state index in [-0.39, 0.29) is 5.91 Å². The molecule has 0 unspecified atom stereocenters. The van der Waals surface area contributed by atoms with Gasteiger partial charge in [-0.1, -0.05) is 6.42 Å². The molecule has 4 nitrogen and oxygen atoms in total. The zero-order valence-electron chi connectivity index (χ0n) is 9.12. The van der Waals surface area contributed by atoms with Crippen molar-refractivity contribution in [1.29, 1.82) is 0 Å². The molecule has 0 aromatic rings. The minimum Gasteiger partial charge on any atom is -0.297 e. The molecule has 0 saturated carbocycles. The smallest absolute Gasteiger partial charge is 0.235 e. The molecule has 0 aromatic carbocycles. The average Bonchev–Trinajstić information content (AvgIpc) is 2.16. The number of hydrazine groups is 1. The van der Waals surface area contributed by atoms with E-state index in [9.17, 15) is 4.79 Å². The van der Waals surface area contributed by atoms with Crippen LogP contribution in [0.1, 0.15) is 39.5 Å². The molecule has 1 rings (SSSR count). The maximum atomic E-state index is 11.0. The fourth-order valence-corrected chi connectivity index (χ4v) is 2.22. The molecule has 0 bridgehead atoms. The van der Waals surface area contributed by atoms with E-state index in [1.807, 2.05) is 0 Å². The molecule has 1 aliphatic rings. The average molecular weight is 199 g/mol. The van der Waals surface area contributed by atoms with E-state index in [0.29, 0.717) is 18.5 Å². The van der Waals surface area contributed by atoms with Crippen molar-refractivity contribution in [3.8, 4) is 0 Å². The predicted octanol–water partition coefficient (Wildman–Crippen LogP) is 0.629. The minimum atomic E-state index is -0.0741. The number of carbonyl (C=O) groups is 1. The third-order valence-electron chi connectivity index (χ3n) is 3.13. The Labute approximate surface area is 85.8 Å². The van der Waals surface area contributed by atoms with Gasteiger partial charge in [-0.15, -0.1) is 0 Å². The van der Waals surface area contributed by atoms with Crippen LogP contribution in [0, 0.1) is 0 Å². The van der Waals surface area contributed by atoms with Crippen molar-refractivity contribution in [2.75, 3.05) is 6.54 Å². The first kappa shape index (κ1) is 11.5. The van der Waals surface area contributed by atoms with Crippen LogP contribution >= 0.6 is 0 Å². The van der Waals surface area contributed by atoms with Crippen LogP contribution in [0.3, 0.4) is 0 Å². The van der Waals surface area contributed by atoms with Crippen LogP contribution in [0.5, 0.6) is 0 Å². The molecule has 0 aromatic heterocycles. The number of hydrogen-bond donors (Lipinski definition) is 2. The zero-order chi connectivity index (χ0) is 10.6. The number of rotatable bonds is 3. The van der Waals surface area contributed by atoms with Crippen LogP contribution in [-0.2, 0) is 4.79 Å². The molecule has 1 fully saturated rings. The molecule has 14 heavy (non-hydrogen) atoms. The summed E-state index contributed by atoms with van der Waals surface area (Å²) in [6.07, 6.45) is 4.30. The van der Waals surface area contributed by atoms with Crippen LogP contribution in [-0.4, -0.2) is 29.4 Å². The summed E-state index contributed by atoms with van der Waals surface area (Å²) in [5, 5.41) is 0. The Hall–Kier alpha value is -0.610. The van der Waals surface area contributed by atoms with Gasteiger partial charge in [-0.2, -0.15) is 0 Å². The fourth-order valence-electron chi connectivity index (χ4n) is 2.22. The van der Waals surface area contributed by atoms with Crippen molar-refractivity contribution in [3.63, 3.8) is 0 Å². The topological polar surface area (TPSA) is 58.4 Å². The highest BCUT2D eigenvalue weighted by molar-refractivity contribution is 5.75. The molecule has 2 atom stereocenters. The maximum Gasteiger partial charge on any atom is 0.235 e. The summed E-state index contributed by atoms with van der Waals surface area (Å²) >= 11 is 0. The summed E-state index contributed by atoms with van der Waals surface area (Å²) in [4.78, 5) is 13.4. The quantitative estimate of drug-likeness (QED) is 0.398. The Bertz CT molecular complexity index is 186. The Kier molecular flexibility index (Phi) is 4.35. The first-order valence-corrected chi connectivity index (χ1v) is 5.40. The largest absolute Gasteiger partial charge is 0.297 e. The molecule has 0 aliphatic carbocycles. The van der Waals surface area contributed by atoms with Crippen molar-refractivity contribution in [2.45, 2.75) is 51.6 Å². The third kappa shape index (κ3) is 2.96. The number of piperidine rings is 1. The second kappa shape index (κ2) is 5.32. The lowest BCUT2D eigenvalue weighted by molar-refractivity contribution is -0.121. The van der Waals surface area contributed by atoms with Crippen molar-refractivity contribution < 1.29 is 4.79 Å². The van der Waals surface area contributed by atoms with Crippen LogP contribution in [0.15, 0.2) is 0 Å². The molecule has 82 valence electrons. The fraction of sp³-hybridized carbons (Fsp3) is 0.900. The van der Waals surface area contributed by atoms with Gasteiger partial charge in [0, 0.05) is 25.0 Å². The number of amides is 1.